The maximum Gasteiger partial charge on any atom is 0.307 e. The molecule has 2 aromatic carbocycles. The lowest BCUT2D eigenvalue weighted by Crippen LogP contribution is -2.60. The number of likely N-dealkylation sites (N-methyl/N-ethyl adjacent to an activating group) is 1. The molecule has 1 N–H and O–H groups in total. The van der Waals surface area contributed by atoms with Crippen molar-refractivity contribution in [3.63, 3.8) is 0 Å². The molecule has 1 amide bonds. The third-order valence-corrected chi connectivity index (χ3v) is 7.43. The summed E-state index contributed by atoms with van der Waals surface area (Å²) in [6, 6.07) is 15.4. The topological polar surface area (TPSA) is 77.5 Å². The molecule has 2 heterocycles. The Balaban J connectivity index is 1.62. The van der Waals surface area contributed by atoms with Gasteiger partial charge in [0.15, 0.2) is 5.11 Å². The van der Waals surface area contributed by atoms with Crippen LogP contribution in [0.3, 0.4) is 0 Å². The number of benzodiazepines with no additional fused rings is 1. The number of hydrogen-bond donors (Lipinski definition) is 1. The van der Waals surface area contributed by atoms with Gasteiger partial charge >= 0.3 is 5.97 Å². The second kappa shape index (κ2) is 11.6. The molecule has 196 valence electrons. The molecule has 2 aliphatic rings. The highest BCUT2D eigenvalue weighted by atomic mass is 35.5. The fraction of sp³-hybridized carbons (Fsp3) is 0.407. The van der Waals surface area contributed by atoms with Crippen molar-refractivity contribution in [1.82, 2.24) is 15.1 Å². The van der Waals surface area contributed by atoms with Crippen molar-refractivity contribution >= 4 is 52.2 Å². The van der Waals surface area contributed by atoms with E-state index in [0.717, 1.165) is 23.4 Å². The molecule has 2 atom stereocenters. The van der Waals surface area contributed by atoms with E-state index in [4.69, 9.17) is 33.5 Å². The molecule has 0 aliphatic carbocycles. The summed E-state index contributed by atoms with van der Waals surface area (Å²) < 4.78 is 4.92. The van der Waals surface area contributed by atoms with E-state index in [-0.39, 0.29) is 30.4 Å². The summed E-state index contributed by atoms with van der Waals surface area (Å²) >= 11 is 12.1. The van der Waals surface area contributed by atoms with Crippen LogP contribution in [0.4, 0.5) is 5.69 Å². The Bertz CT molecular complexity index is 1210. The van der Waals surface area contributed by atoms with Gasteiger partial charge < -0.3 is 19.9 Å². The molecular weight excluding hydrogens is 510 g/mol. The van der Waals surface area contributed by atoms with Gasteiger partial charge in [0.25, 0.3) is 5.91 Å². The number of rotatable bonds is 5. The van der Waals surface area contributed by atoms with Crippen molar-refractivity contribution in [1.29, 1.82) is 0 Å². The van der Waals surface area contributed by atoms with Crippen molar-refractivity contribution in [3.05, 3.63) is 64.7 Å². The maximum atomic E-state index is 13.6. The van der Waals surface area contributed by atoms with Crippen LogP contribution in [-0.4, -0.2) is 84.5 Å². The number of carbonyl (C=O) groups excluding carboxylic acids is 2. The first-order valence-electron chi connectivity index (χ1n) is 12.3. The number of piperazine rings is 1. The van der Waals surface area contributed by atoms with Crippen LogP contribution in [0.15, 0.2) is 53.5 Å². The third-order valence-electron chi connectivity index (χ3n) is 6.81. The number of aliphatic imine (C=N–C) groups is 1. The zero-order chi connectivity index (χ0) is 26.7. The van der Waals surface area contributed by atoms with Gasteiger partial charge in [-0.1, -0.05) is 41.9 Å². The molecule has 10 heteroatoms. The van der Waals surface area contributed by atoms with Crippen LogP contribution in [0.5, 0.6) is 0 Å². The van der Waals surface area contributed by atoms with E-state index in [9.17, 15) is 9.59 Å². The predicted molar refractivity (Wildman–Crippen MR) is 150 cm³/mol. The summed E-state index contributed by atoms with van der Waals surface area (Å²) in [4.78, 5) is 36.4. The van der Waals surface area contributed by atoms with Gasteiger partial charge in [-0.05, 0) is 44.3 Å². The van der Waals surface area contributed by atoms with Gasteiger partial charge in [-0.3, -0.25) is 14.5 Å². The lowest BCUT2D eigenvalue weighted by molar-refractivity contribution is -0.142. The number of anilines is 1. The molecule has 0 aromatic heterocycles. The summed E-state index contributed by atoms with van der Waals surface area (Å²) in [5.74, 6) is -0.491. The van der Waals surface area contributed by atoms with E-state index in [1.807, 2.05) is 47.4 Å². The molecule has 2 aliphatic heterocycles. The number of fused-ring (bicyclic) bond motifs is 1. The molecule has 2 unspecified atom stereocenters. The number of nitrogens with one attached hydrogen (secondary N) is 1. The number of hydrogen-bond acceptors (Lipinski definition) is 6. The number of esters is 1. The number of nitrogens with zero attached hydrogens (tertiary/aromatic N) is 4. The molecule has 0 radical (unpaired) electrons. The van der Waals surface area contributed by atoms with E-state index in [2.05, 4.69) is 24.1 Å². The quantitative estimate of drug-likeness (QED) is 0.459. The van der Waals surface area contributed by atoms with Gasteiger partial charge in [0, 0.05) is 54.9 Å². The van der Waals surface area contributed by atoms with E-state index in [1.165, 1.54) is 7.11 Å². The minimum Gasteiger partial charge on any atom is -0.469 e. The molecule has 1 saturated heterocycles. The maximum absolute atomic E-state index is 13.6. The van der Waals surface area contributed by atoms with Crippen LogP contribution in [-0.2, 0) is 14.3 Å². The van der Waals surface area contributed by atoms with Crippen LogP contribution in [0.25, 0.3) is 0 Å². The van der Waals surface area contributed by atoms with E-state index in [0.29, 0.717) is 28.9 Å². The second-order valence-corrected chi connectivity index (χ2v) is 10.3. The van der Waals surface area contributed by atoms with Crippen LogP contribution in [0.1, 0.15) is 31.4 Å². The van der Waals surface area contributed by atoms with Crippen molar-refractivity contribution in [2.75, 3.05) is 38.7 Å². The number of amides is 1. The largest absolute Gasteiger partial charge is 0.469 e. The zero-order valence-corrected chi connectivity index (χ0v) is 23.1. The Morgan fingerprint density at radius 1 is 1.22 bits per heavy atom. The SMILES string of the molecule is COC(=O)CC1CN(C(=S)NC2N=C(c3ccccc3)c3cc(Cl)ccc3N(C)C2=O)CCN1C(C)C. The summed E-state index contributed by atoms with van der Waals surface area (Å²) in [6.45, 7) is 6.17. The number of carbonyl (C=O) groups is 2. The van der Waals surface area contributed by atoms with Crippen LogP contribution in [0.2, 0.25) is 5.02 Å². The monoisotopic (exact) mass is 541 g/mol. The number of methoxy groups -OCH3 is 1. The number of ether oxygens (including phenoxy) is 1. The Kier molecular flexibility index (Phi) is 8.46. The molecule has 2 aromatic rings. The van der Waals surface area contributed by atoms with Crippen LogP contribution < -0.4 is 10.2 Å². The lowest BCUT2D eigenvalue weighted by atomic mass is 10.0. The Hall–Kier alpha value is -3.01. The van der Waals surface area contributed by atoms with Crippen molar-refractivity contribution in [3.8, 4) is 0 Å². The van der Waals surface area contributed by atoms with Gasteiger partial charge in [0.05, 0.1) is 24.9 Å². The van der Waals surface area contributed by atoms with Crippen molar-refractivity contribution in [2.45, 2.75) is 38.5 Å². The molecule has 37 heavy (non-hydrogen) atoms. The normalized spacial score (nSPS) is 20.3. The van der Waals surface area contributed by atoms with Crippen LogP contribution in [0, 0.1) is 0 Å². The molecule has 0 spiro atoms. The van der Waals surface area contributed by atoms with Crippen molar-refractivity contribution in [2.24, 2.45) is 4.99 Å². The minimum absolute atomic E-state index is 0.0526. The Morgan fingerprint density at radius 2 is 1.95 bits per heavy atom. The Labute approximate surface area is 228 Å². The molecule has 0 saturated carbocycles. The fourth-order valence-corrected chi connectivity index (χ4v) is 5.32. The summed E-state index contributed by atoms with van der Waals surface area (Å²) in [6.07, 6.45) is -0.660. The standard InChI is InChI=1S/C27H32ClN5O3S/c1-17(2)33-13-12-32(16-20(33)15-23(34)36-4)27(37)30-25-26(35)31(3)22-11-10-19(28)14-21(22)24(29-25)18-8-6-5-7-9-18/h5-11,14,17,20,25H,12-13,15-16H2,1-4H3,(H,30,37). The van der Waals surface area contributed by atoms with Crippen LogP contribution >= 0.6 is 23.8 Å². The molecular formula is C27H32ClN5O3S. The Morgan fingerprint density at radius 3 is 2.62 bits per heavy atom. The van der Waals surface area contributed by atoms with Crippen molar-refractivity contribution < 1.29 is 14.3 Å². The van der Waals surface area contributed by atoms with Gasteiger partial charge in [0.2, 0.25) is 6.17 Å². The second-order valence-electron chi connectivity index (χ2n) is 9.47. The summed E-state index contributed by atoms with van der Waals surface area (Å²) in [5, 5.41) is 4.18. The predicted octanol–water partition coefficient (Wildman–Crippen LogP) is 3.31. The van der Waals surface area contributed by atoms with Gasteiger partial charge in [-0.25, -0.2) is 4.99 Å². The van der Waals surface area contributed by atoms with E-state index < -0.39 is 6.17 Å². The first-order chi connectivity index (χ1) is 17.7. The molecule has 1 fully saturated rings. The smallest absolute Gasteiger partial charge is 0.307 e. The van der Waals surface area contributed by atoms with E-state index in [1.54, 1.807) is 18.0 Å². The zero-order valence-electron chi connectivity index (χ0n) is 21.5. The number of benzene rings is 2. The molecule has 0 bridgehead atoms. The first kappa shape index (κ1) is 27.0. The molecule has 4 rings (SSSR count). The number of thiocarbonyl (C=S) groups is 1. The highest BCUT2D eigenvalue weighted by molar-refractivity contribution is 7.80. The molecule has 8 nitrogen and oxygen atoms in total. The summed E-state index contributed by atoms with van der Waals surface area (Å²) in [7, 11) is 3.13. The average molecular weight is 542 g/mol. The average Bonchev–Trinajstić information content (AvgIpc) is 2.99. The minimum atomic E-state index is -0.930. The van der Waals surface area contributed by atoms with E-state index >= 15 is 0 Å². The fourth-order valence-electron chi connectivity index (χ4n) is 4.87. The highest BCUT2D eigenvalue weighted by Gasteiger charge is 2.35. The third kappa shape index (κ3) is 5.95. The number of halogens is 1. The van der Waals surface area contributed by atoms with Gasteiger partial charge in [-0.2, -0.15) is 0 Å². The first-order valence-corrected chi connectivity index (χ1v) is 13.1. The lowest BCUT2D eigenvalue weighted by Gasteiger charge is -2.44. The van der Waals surface area contributed by atoms with Gasteiger partial charge in [0.1, 0.15) is 0 Å². The van der Waals surface area contributed by atoms with Gasteiger partial charge in [-0.15, -0.1) is 0 Å². The highest BCUT2D eigenvalue weighted by Crippen LogP contribution is 2.30. The summed E-state index contributed by atoms with van der Waals surface area (Å²) in [5.41, 5.74) is 3.02.